The lowest BCUT2D eigenvalue weighted by Crippen LogP contribution is -2.32. The number of carbonyl (C=O) groups excluding carboxylic acids is 2. The van der Waals surface area contributed by atoms with Gasteiger partial charge in [0.05, 0.1) is 5.56 Å². The van der Waals surface area contributed by atoms with Crippen molar-refractivity contribution < 1.29 is 18.7 Å². The lowest BCUT2D eigenvalue weighted by molar-refractivity contribution is -0.124. The van der Waals surface area contributed by atoms with Gasteiger partial charge in [0, 0.05) is 9.26 Å². The molecule has 0 spiro atoms. The molecule has 1 atom stereocenters. The number of benzene rings is 2. The maximum atomic E-state index is 12.3. The number of halogens is 1. The number of anilines is 1. The molecule has 25 heavy (non-hydrogen) atoms. The van der Waals surface area contributed by atoms with Crippen LogP contribution >= 0.6 is 22.6 Å². The molecule has 1 heterocycles. The molecule has 2 aromatic carbocycles. The highest BCUT2D eigenvalue weighted by molar-refractivity contribution is 14.1. The number of hydrogen-bond donors (Lipinski definition) is 1. The zero-order chi connectivity index (χ0) is 17.8. The molecule has 6 nitrogen and oxygen atoms in total. The molecular weight excluding hydrogens is 435 g/mol. The van der Waals surface area contributed by atoms with E-state index in [-0.39, 0.29) is 5.91 Å². The van der Waals surface area contributed by atoms with Crippen LogP contribution in [0.25, 0.3) is 11.1 Å². The van der Waals surface area contributed by atoms with Gasteiger partial charge in [0.15, 0.2) is 18.1 Å². The standard InChI is InChI=1S/C18H15IN2O4/c1-2-15(17(22)21-13-6-4-12(19)5-7-13)25-18(23)11-3-8-16-14(9-11)20-10-24-16/h3-10,15H,2H2,1H3,(H,21,22). The Morgan fingerprint density at radius 3 is 2.72 bits per heavy atom. The topological polar surface area (TPSA) is 81.4 Å². The average Bonchev–Trinajstić information content (AvgIpc) is 3.09. The largest absolute Gasteiger partial charge is 0.449 e. The highest BCUT2D eigenvalue weighted by Crippen LogP contribution is 2.17. The molecule has 128 valence electrons. The van der Waals surface area contributed by atoms with Gasteiger partial charge in [-0.3, -0.25) is 4.79 Å². The second-order valence-corrected chi connectivity index (χ2v) is 6.58. The number of ether oxygens (including phenoxy) is 1. The summed E-state index contributed by atoms with van der Waals surface area (Å²) in [6.07, 6.45) is 0.803. The number of oxazole rings is 1. The summed E-state index contributed by atoms with van der Waals surface area (Å²) in [5.74, 6) is -0.936. The molecule has 0 aliphatic rings. The van der Waals surface area contributed by atoms with Crippen molar-refractivity contribution in [2.75, 3.05) is 5.32 Å². The van der Waals surface area contributed by atoms with Crippen molar-refractivity contribution in [1.82, 2.24) is 4.98 Å². The fraction of sp³-hybridized carbons (Fsp3) is 0.167. The van der Waals surface area contributed by atoms with Crippen LogP contribution in [-0.2, 0) is 9.53 Å². The third-order valence-electron chi connectivity index (χ3n) is 3.59. The number of fused-ring (bicyclic) bond motifs is 1. The van der Waals surface area contributed by atoms with Gasteiger partial charge in [0.25, 0.3) is 5.91 Å². The van der Waals surface area contributed by atoms with E-state index in [0.717, 1.165) is 3.57 Å². The Kier molecular flexibility index (Phi) is 5.32. The van der Waals surface area contributed by atoms with E-state index in [0.29, 0.717) is 28.8 Å². The minimum absolute atomic E-state index is 0.321. The first-order valence-electron chi connectivity index (χ1n) is 7.67. The fourth-order valence-corrected chi connectivity index (χ4v) is 2.62. The number of amides is 1. The first-order valence-corrected chi connectivity index (χ1v) is 8.75. The number of rotatable bonds is 5. The Labute approximate surface area is 157 Å². The summed E-state index contributed by atoms with van der Waals surface area (Å²) in [6, 6.07) is 12.2. The van der Waals surface area contributed by atoms with Crippen LogP contribution in [0.15, 0.2) is 53.3 Å². The van der Waals surface area contributed by atoms with Crippen molar-refractivity contribution in [1.29, 1.82) is 0 Å². The minimum Gasteiger partial charge on any atom is -0.449 e. The Hall–Kier alpha value is -2.42. The first-order chi connectivity index (χ1) is 12.1. The van der Waals surface area contributed by atoms with E-state index < -0.39 is 12.1 Å². The number of aromatic nitrogens is 1. The molecule has 1 unspecified atom stereocenters. The molecule has 0 aliphatic heterocycles. The predicted molar refractivity (Wildman–Crippen MR) is 101 cm³/mol. The van der Waals surface area contributed by atoms with Crippen LogP contribution in [-0.4, -0.2) is 23.0 Å². The third-order valence-corrected chi connectivity index (χ3v) is 4.31. The molecule has 0 saturated heterocycles. The summed E-state index contributed by atoms with van der Waals surface area (Å²) in [5, 5.41) is 2.76. The van der Waals surface area contributed by atoms with E-state index in [1.807, 2.05) is 12.1 Å². The van der Waals surface area contributed by atoms with Crippen molar-refractivity contribution in [3.05, 3.63) is 58.0 Å². The van der Waals surface area contributed by atoms with Gasteiger partial charge in [-0.25, -0.2) is 9.78 Å². The van der Waals surface area contributed by atoms with Gasteiger partial charge in [-0.1, -0.05) is 6.92 Å². The highest BCUT2D eigenvalue weighted by atomic mass is 127. The van der Waals surface area contributed by atoms with E-state index in [1.54, 1.807) is 37.3 Å². The number of nitrogens with one attached hydrogen (secondary N) is 1. The third kappa shape index (κ3) is 4.16. The van der Waals surface area contributed by atoms with Gasteiger partial charge in [0.2, 0.25) is 0 Å². The van der Waals surface area contributed by atoms with E-state index in [4.69, 9.17) is 9.15 Å². The summed E-state index contributed by atoms with van der Waals surface area (Å²) in [7, 11) is 0. The fourth-order valence-electron chi connectivity index (χ4n) is 2.26. The minimum atomic E-state index is -0.875. The van der Waals surface area contributed by atoms with Gasteiger partial charge in [-0.2, -0.15) is 0 Å². The van der Waals surface area contributed by atoms with Gasteiger partial charge in [-0.05, 0) is 71.5 Å². The van der Waals surface area contributed by atoms with Gasteiger partial charge in [-0.15, -0.1) is 0 Å². The summed E-state index contributed by atoms with van der Waals surface area (Å²) < 4.78 is 11.6. The smallest absolute Gasteiger partial charge is 0.338 e. The van der Waals surface area contributed by atoms with Crippen molar-refractivity contribution in [3.63, 3.8) is 0 Å². The Morgan fingerprint density at radius 1 is 1.24 bits per heavy atom. The first kappa shape index (κ1) is 17.4. The van der Waals surface area contributed by atoms with Gasteiger partial charge in [0.1, 0.15) is 5.52 Å². The molecule has 0 aliphatic carbocycles. The van der Waals surface area contributed by atoms with Crippen molar-refractivity contribution >= 4 is 51.3 Å². The van der Waals surface area contributed by atoms with Gasteiger partial charge < -0.3 is 14.5 Å². The molecule has 0 radical (unpaired) electrons. The lowest BCUT2D eigenvalue weighted by atomic mass is 10.2. The summed E-state index contributed by atoms with van der Waals surface area (Å²) in [6.45, 7) is 1.78. The van der Waals surface area contributed by atoms with Crippen LogP contribution < -0.4 is 5.32 Å². The van der Waals surface area contributed by atoms with Crippen LogP contribution in [0.1, 0.15) is 23.7 Å². The quantitative estimate of drug-likeness (QED) is 0.470. The van der Waals surface area contributed by atoms with Gasteiger partial charge >= 0.3 is 5.97 Å². The van der Waals surface area contributed by atoms with E-state index >= 15 is 0 Å². The molecule has 1 N–H and O–H groups in total. The second-order valence-electron chi connectivity index (χ2n) is 5.33. The Morgan fingerprint density at radius 2 is 2.00 bits per heavy atom. The summed E-state index contributed by atoms with van der Waals surface area (Å²) >= 11 is 2.18. The molecule has 3 rings (SSSR count). The number of carbonyl (C=O) groups is 2. The summed E-state index contributed by atoms with van der Waals surface area (Å²) in [4.78, 5) is 28.7. The van der Waals surface area contributed by atoms with Crippen molar-refractivity contribution in [2.45, 2.75) is 19.4 Å². The normalized spacial score (nSPS) is 11.9. The van der Waals surface area contributed by atoms with Crippen LogP contribution in [0, 0.1) is 3.57 Å². The van der Waals surface area contributed by atoms with Crippen LogP contribution in [0.5, 0.6) is 0 Å². The van der Waals surface area contributed by atoms with E-state index in [2.05, 4.69) is 32.9 Å². The van der Waals surface area contributed by atoms with Crippen LogP contribution in [0.2, 0.25) is 0 Å². The maximum Gasteiger partial charge on any atom is 0.338 e. The second kappa shape index (κ2) is 7.64. The molecule has 0 bridgehead atoms. The van der Waals surface area contributed by atoms with E-state index in [9.17, 15) is 9.59 Å². The molecule has 3 aromatic rings. The maximum absolute atomic E-state index is 12.3. The van der Waals surface area contributed by atoms with Crippen molar-refractivity contribution in [2.24, 2.45) is 0 Å². The predicted octanol–water partition coefficient (Wildman–Crippen LogP) is 4.01. The monoisotopic (exact) mass is 450 g/mol. The molecular formula is C18H15IN2O4. The molecule has 0 fully saturated rings. The lowest BCUT2D eigenvalue weighted by Gasteiger charge is -2.16. The zero-order valence-electron chi connectivity index (χ0n) is 13.4. The average molecular weight is 450 g/mol. The number of esters is 1. The Balaban J connectivity index is 1.68. The molecule has 0 saturated carbocycles. The molecule has 1 amide bonds. The van der Waals surface area contributed by atoms with Crippen LogP contribution in [0.4, 0.5) is 5.69 Å². The summed E-state index contributed by atoms with van der Waals surface area (Å²) in [5.41, 5.74) is 2.12. The Bertz CT molecular complexity index is 905. The highest BCUT2D eigenvalue weighted by Gasteiger charge is 2.22. The zero-order valence-corrected chi connectivity index (χ0v) is 15.5. The van der Waals surface area contributed by atoms with Crippen LogP contribution in [0.3, 0.4) is 0 Å². The van der Waals surface area contributed by atoms with E-state index in [1.165, 1.54) is 6.39 Å². The SMILES string of the molecule is CCC(OC(=O)c1ccc2ocnc2c1)C(=O)Nc1ccc(I)cc1. The number of nitrogens with zero attached hydrogens (tertiary/aromatic N) is 1. The van der Waals surface area contributed by atoms with Crippen molar-refractivity contribution in [3.8, 4) is 0 Å². The molecule has 1 aromatic heterocycles. The molecule has 7 heteroatoms. The number of hydrogen-bond acceptors (Lipinski definition) is 5.